The highest BCUT2D eigenvalue weighted by Crippen LogP contribution is 2.18. The molecule has 1 unspecified atom stereocenters. The highest BCUT2D eigenvalue weighted by Gasteiger charge is 2.13. The second-order valence-electron chi connectivity index (χ2n) is 11.9. The van der Waals surface area contributed by atoms with Crippen LogP contribution in [0.3, 0.4) is 0 Å². The van der Waals surface area contributed by atoms with E-state index in [1.54, 1.807) is 0 Å². The summed E-state index contributed by atoms with van der Waals surface area (Å²) in [6.07, 6.45) is 30.2. The molecule has 1 atom stereocenters. The minimum absolute atomic E-state index is 0. The molecule has 0 amide bonds. The molecule has 0 bridgehead atoms. The van der Waals surface area contributed by atoms with E-state index in [-0.39, 0.29) is 26.1 Å². The van der Waals surface area contributed by atoms with E-state index in [1.165, 1.54) is 96.3 Å². The molecule has 0 rings (SSSR count). The second kappa shape index (κ2) is 43.6. The fraction of sp³-hybridized carbons (Fsp3) is 0.857. The van der Waals surface area contributed by atoms with Crippen LogP contribution in [0.5, 0.6) is 0 Å². The van der Waals surface area contributed by atoms with Crippen molar-refractivity contribution in [3.8, 4) is 0 Å². The van der Waals surface area contributed by atoms with Crippen molar-refractivity contribution in [1.82, 2.24) is 0 Å². The lowest BCUT2D eigenvalue weighted by molar-refractivity contribution is -0.149. The molecule has 0 aromatic carbocycles. The average Bonchev–Trinajstić information content (AvgIpc) is 3.07. The second-order valence-corrected chi connectivity index (χ2v) is 11.9. The number of ether oxygens (including phenoxy) is 1. The van der Waals surface area contributed by atoms with Crippen LogP contribution in [0.15, 0.2) is 28.8 Å². The molecular formula is C42H85NO3. The van der Waals surface area contributed by atoms with Crippen molar-refractivity contribution >= 4 is 11.7 Å². The first-order valence-corrected chi connectivity index (χ1v) is 19.8. The number of aliphatic hydroxyl groups is 1. The van der Waals surface area contributed by atoms with Crippen molar-refractivity contribution in [2.24, 2.45) is 4.99 Å². The van der Waals surface area contributed by atoms with E-state index in [0.717, 1.165) is 68.2 Å². The van der Waals surface area contributed by atoms with E-state index in [2.05, 4.69) is 38.4 Å². The molecule has 4 nitrogen and oxygen atoms in total. The van der Waals surface area contributed by atoms with Gasteiger partial charge in [-0.1, -0.05) is 171 Å². The third kappa shape index (κ3) is 33.9. The summed E-state index contributed by atoms with van der Waals surface area (Å²) in [6, 6.07) is 0. The van der Waals surface area contributed by atoms with Gasteiger partial charge < -0.3 is 9.84 Å². The molecule has 0 aromatic rings. The quantitative estimate of drug-likeness (QED) is 0.0477. The lowest BCUT2D eigenvalue weighted by Crippen LogP contribution is -2.17. The van der Waals surface area contributed by atoms with Crippen LogP contribution in [0, 0.1) is 0 Å². The van der Waals surface area contributed by atoms with Crippen LogP contribution in [-0.2, 0) is 9.53 Å². The Bertz CT molecular complexity index is 682. The lowest BCUT2D eigenvalue weighted by atomic mass is 9.97. The zero-order valence-electron chi connectivity index (χ0n) is 32.0. The fourth-order valence-electron chi connectivity index (χ4n) is 5.40. The van der Waals surface area contributed by atoms with Crippen LogP contribution < -0.4 is 0 Å². The number of hydrogen-bond acceptors (Lipinski definition) is 4. The lowest BCUT2D eigenvalue weighted by Gasteiger charge is -2.16. The molecule has 0 saturated heterocycles. The summed E-state index contributed by atoms with van der Waals surface area (Å²) in [5.41, 5.74) is 2.82. The molecule has 46 heavy (non-hydrogen) atoms. The number of unbranched alkanes of at least 4 members (excludes halogenated alkanes) is 17. The van der Waals surface area contributed by atoms with E-state index >= 15 is 0 Å². The molecule has 0 radical (unpaired) electrons. The third-order valence-electron chi connectivity index (χ3n) is 8.07. The van der Waals surface area contributed by atoms with Gasteiger partial charge >= 0.3 is 5.97 Å². The van der Waals surface area contributed by atoms with Crippen molar-refractivity contribution in [1.29, 1.82) is 0 Å². The van der Waals surface area contributed by atoms with Gasteiger partial charge in [-0.2, -0.15) is 0 Å². The summed E-state index contributed by atoms with van der Waals surface area (Å²) < 4.78 is 5.79. The van der Waals surface area contributed by atoms with E-state index in [9.17, 15) is 9.90 Å². The van der Waals surface area contributed by atoms with Crippen LogP contribution >= 0.6 is 0 Å². The Morgan fingerprint density at radius 2 is 1.13 bits per heavy atom. The molecule has 0 heterocycles. The summed E-state index contributed by atoms with van der Waals surface area (Å²) in [5, 5.41) is 10.0. The number of nitrogens with zero attached hydrogens (tertiary/aromatic N) is 1. The maximum absolute atomic E-state index is 12.4. The Labute approximate surface area is 290 Å². The third-order valence-corrected chi connectivity index (χ3v) is 8.07. The van der Waals surface area contributed by atoms with Crippen LogP contribution in [-0.4, -0.2) is 36.0 Å². The largest absolute Gasteiger partial charge is 0.462 e. The molecule has 0 saturated carbocycles. The smallest absolute Gasteiger partial charge is 0.306 e. The summed E-state index contributed by atoms with van der Waals surface area (Å²) in [7, 11) is 0. The number of aliphatic hydroxyl groups excluding tert-OH is 1. The molecule has 4 heteroatoms. The van der Waals surface area contributed by atoms with Gasteiger partial charge in [0.05, 0.1) is 12.3 Å². The minimum Gasteiger partial charge on any atom is -0.462 e. The van der Waals surface area contributed by atoms with Crippen LogP contribution in [0.1, 0.15) is 217 Å². The van der Waals surface area contributed by atoms with Crippen LogP contribution in [0.4, 0.5) is 0 Å². The fourth-order valence-corrected chi connectivity index (χ4v) is 5.40. The van der Waals surface area contributed by atoms with Gasteiger partial charge in [-0.25, -0.2) is 0 Å². The number of allylic oxidation sites excluding steroid dienone is 2. The zero-order chi connectivity index (χ0) is 34.4. The number of aliphatic imine (C=N–C) groups is 1. The molecule has 1 N–H and O–H groups in total. The summed E-state index contributed by atoms with van der Waals surface area (Å²) in [6.45, 7) is 21.6. The SMILES string of the molecule is C.C=C(CCCCCCC)C(=NCC)/C(=C/CCCC(CC)OC(=O)CCCCCCCCCCCCCCC)CO.CC.CC. The van der Waals surface area contributed by atoms with Crippen molar-refractivity contribution < 1.29 is 14.6 Å². The van der Waals surface area contributed by atoms with Gasteiger partial charge in [0.1, 0.15) is 6.10 Å². The molecule has 0 aliphatic carbocycles. The number of rotatable bonds is 30. The standard InChI is InChI=1S/C37H69NO3.2C2H6.CH4/c1-6-10-12-14-15-16-17-18-19-20-21-23-25-31-36(40)41-35(8-3)30-27-26-29-34(32-39)37(38-9-4)33(5)28-24-22-13-11-7-2;2*1-2;/h29,35,39H,5-28,30-32H2,1-4H3;2*1-2H3;1H4/b34-29+,38-37?;;;. The van der Waals surface area contributed by atoms with Gasteiger partial charge in [0.15, 0.2) is 0 Å². The van der Waals surface area contributed by atoms with Gasteiger partial charge in [0, 0.05) is 13.0 Å². The molecule has 0 aliphatic rings. The van der Waals surface area contributed by atoms with Crippen molar-refractivity contribution in [2.75, 3.05) is 13.2 Å². The van der Waals surface area contributed by atoms with Gasteiger partial charge in [-0.3, -0.25) is 9.79 Å². The van der Waals surface area contributed by atoms with E-state index in [4.69, 9.17) is 4.74 Å². The molecule has 0 aliphatic heterocycles. The topological polar surface area (TPSA) is 58.9 Å². The zero-order valence-corrected chi connectivity index (χ0v) is 32.0. The van der Waals surface area contributed by atoms with E-state index < -0.39 is 0 Å². The van der Waals surface area contributed by atoms with Crippen LogP contribution in [0.25, 0.3) is 0 Å². The highest BCUT2D eigenvalue weighted by molar-refractivity contribution is 6.12. The molecule has 0 aromatic heterocycles. The predicted molar refractivity (Wildman–Crippen MR) is 209 cm³/mol. The first-order valence-electron chi connectivity index (χ1n) is 19.8. The molecule has 0 fully saturated rings. The first kappa shape index (κ1) is 51.4. The summed E-state index contributed by atoms with van der Waals surface area (Å²) >= 11 is 0. The summed E-state index contributed by atoms with van der Waals surface area (Å²) in [5.74, 6) is -0.0425. The Kier molecular flexibility index (Phi) is 48.7. The van der Waals surface area contributed by atoms with Gasteiger partial charge in [0.2, 0.25) is 0 Å². The predicted octanol–water partition coefficient (Wildman–Crippen LogP) is 13.9. The van der Waals surface area contributed by atoms with Crippen molar-refractivity contribution in [2.45, 2.75) is 223 Å². The summed E-state index contributed by atoms with van der Waals surface area (Å²) in [4.78, 5) is 17.1. The molecule has 0 spiro atoms. The van der Waals surface area contributed by atoms with Gasteiger partial charge in [0.25, 0.3) is 0 Å². The maximum Gasteiger partial charge on any atom is 0.306 e. The Balaban J connectivity index is -0.00000169. The number of hydrogen-bond donors (Lipinski definition) is 1. The normalized spacial score (nSPS) is 11.8. The monoisotopic (exact) mass is 652 g/mol. The minimum atomic E-state index is -0.0425. The average molecular weight is 652 g/mol. The van der Waals surface area contributed by atoms with Crippen LogP contribution in [0.2, 0.25) is 0 Å². The Hall–Kier alpha value is -1.42. The van der Waals surface area contributed by atoms with Crippen molar-refractivity contribution in [3.63, 3.8) is 0 Å². The first-order chi connectivity index (χ1) is 22.0. The van der Waals surface area contributed by atoms with E-state index in [0.29, 0.717) is 13.0 Å². The number of esters is 1. The van der Waals surface area contributed by atoms with Gasteiger partial charge in [-0.15, -0.1) is 0 Å². The van der Waals surface area contributed by atoms with Gasteiger partial charge in [-0.05, 0) is 63.0 Å². The Morgan fingerprint density at radius 3 is 1.54 bits per heavy atom. The van der Waals surface area contributed by atoms with Crippen molar-refractivity contribution in [3.05, 3.63) is 23.8 Å². The number of carbonyl (C=O) groups excluding carboxylic acids is 1. The highest BCUT2D eigenvalue weighted by atomic mass is 16.5. The molecule has 276 valence electrons. The molecular weight excluding hydrogens is 566 g/mol. The van der Waals surface area contributed by atoms with E-state index in [1.807, 2.05) is 34.6 Å². The number of carbonyl (C=O) groups is 1. The Morgan fingerprint density at radius 1 is 0.696 bits per heavy atom. The maximum atomic E-state index is 12.4.